The number of benzene rings is 2. The summed E-state index contributed by atoms with van der Waals surface area (Å²) < 4.78 is 13.0. The summed E-state index contributed by atoms with van der Waals surface area (Å²) in [5.74, 6) is 0.318. The summed E-state index contributed by atoms with van der Waals surface area (Å²) in [7, 11) is 0. The van der Waals surface area contributed by atoms with Gasteiger partial charge >= 0.3 is 0 Å². The molecule has 1 unspecified atom stereocenters. The van der Waals surface area contributed by atoms with Gasteiger partial charge in [0.05, 0.1) is 6.61 Å². The molecule has 1 atom stereocenters. The molecule has 1 saturated heterocycles. The second-order valence-corrected chi connectivity index (χ2v) is 10.3. The number of hydrogen-bond donors (Lipinski definition) is 0. The summed E-state index contributed by atoms with van der Waals surface area (Å²) in [6.45, 7) is 4.79. The van der Waals surface area contributed by atoms with Crippen molar-refractivity contribution in [2.45, 2.75) is 95.7 Å². The van der Waals surface area contributed by atoms with Gasteiger partial charge in [-0.3, -0.25) is 0 Å². The molecule has 0 aromatic heterocycles. The number of nitrogens with zero attached hydrogens (tertiary/aromatic N) is 1. The summed E-state index contributed by atoms with van der Waals surface area (Å²) in [6, 6.07) is 18.9. The minimum atomic E-state index is -0.648. The van der Waals surface area contributed by atoms with Crippen LogP contribution in [0, 0.1) is 0 Å². The first kappa shape index (κ1) is 25.3. The largest absolute Gasteiger partial charge is 0.458 e. The zero-order valence-corrected chi connectivity index (χ0v) is 21.2. The van der Waals surface area contributed by atoms with Crippen LogP contribution < -0.4 is 4.74 Å². The highest BCUT2D eigenvalue weighted by Gasteiger charge is 2.39. The molecule has 1 fully saturated rings. The number of hydrogen-bond acceptors (Lipinski definition) is 3. The number of rotatable bonds is 15. The van der Waals surface area contributed by atoms with Crippen LogP contribution in [-0.2, 0) is 16.9 Å². The Labute approximate surface area is 207 Å². The van der Waals surface area contributed by atoms with E-state index in [9.17, 15) is 0 Å². The van der Waals surface area contributed by atoms with E-state index in [0.29, 0.717) is 0 Å². The summed E-state index contributed by atoms with van der Waals surface area (Å²) >= 11 is 0. The van der Waals surface area contributed by atoms with E-state index < -0.39 is 5.79 Å². The van der Waals surface area contributed by atoms with Crippen LogP contribution >= 0.6 is 0 Å². The molecule has 0 amide bonds. The fraction of sp³-hybridized carbons (Fsp3) is 0.613. The molecule has 2 heterocycles. The van der Waals surface area contributed by atoms with Gasteiger partial charge in [-0.05, 0) is 63.4 Å². The van der Waals surface area contributed by atoms with Crippen LogP contribution in [0.4, 0.5) is 0 Å². The van der Waals surface area contributed by atoms with E-state index in [1.807, 2.05) is 0 Å². The molecule has 3 nitrogen and oxygen atoms in total. The predicted molar refractivity (Wildman–Crippen MR) is 141 cm³/mol. The van der Waals surface area contributed by atoms with Crippen molar-refractivity contribution in [3.63, 3.8) is 0 Å². The minimum Gasteiger partial charge on any atom is -0.458 e. The Hall–Kier alpha value is -1.84. The van der Waals surface area contributed by atoms with E-state index >= 15 is 0 Å². The van der Waals surface area contributed by atoms with Crippen molar-refractivity contribution < 1.29 is 9.47 Å². The zero-order valence-electron chi connectivity index (χ0n) is 21.2. The van der Waals surface area contributed by atoms with Crippen molar-refractivity contribution in [2.75, 3.05) is 26.2 Å². The quantitative estimate of drug-likeness (QED) is 0.251. The average molecular weight is 464 g/mol. The number of fused-ring (bicyclic) bond motifs is 1. The highest BCUT2D eigenvalue weighted by molar-refractivity contribution is 5.37. The first-order chi connectivity index (χ1) is 16.9. The van der Waals surface area contributed by atoms with E-state index in [-0.39, 0.29) is 0 Å². The Kier molecular flexibility index (Phi) is 10.3. The molecule has 3 heteroatoms. The molecule has 34 heavy (non-hydrogen) atoms. The van der Waals surface area contributed by atoms with Gasteiger partial charge in [0, 0.05) is 12.0 Å². The molecule has 4 rings (SSSR count). The molecule has 0 radical (unpaired) electrons. The highest BCUT2D eigenvalue weighted by atomic mass is 16.7. The maximum absolute atomic E-state index is 6.51. The van der Waals surface area contributed by atoms with Gasteiger partial charge in [-0.1, -0.05) is 99.9 Å². The van der Waals surface area contributed by atoms with Gasteiger partial charge in [0.15, 0.2) is 0 Å². The van der Waals surface area contributed by atoms with Gasteiger partial charge in [-0.25, -0.2) is 0 Å². The number of para-hydroxylation sites is 1. The van der Waals surface area contributed by atoms with E-state index in [1.165, 1.54) is 95.8 Å². The van der Waals surface area contributed by atoms with Crippen molar-refractivity contribution in [3.05, 3.63) is 65.7 Å². The Morgan fingerprint density at radius 3 is 2.06 bits per heavy atom. The molecule has 186 valence electrons. The summed E-state index contributed by atoms with van der Waals surface area (Å²) in [4.78, 5) is 2.64. The second-order valence-electron chi connectivity index (χ2n) is 10.3. The number of unbranched alkanes of at least 4 members (excludes halogenated alkanes) is 9. The lowest BCUT2D eigenvalue weighted by molar-refractivity contribution is -0.203. The van der Waals surface area contributed by atoms with Gasteiger partial charge in [-0.15, -0.1) is 0 Å². The van der Waals surface area contributed by atoms with Crippen molar-refractivity contribution in [3.8, 4) is 5.75 Å². The Morgan fingerprint density at radius 2 is 1.32 bits per heavy atom. The van der Waals surface area contributed by atoms with Gasteiger partial charge in [0.2, 0.25) is 5.79 Å². The number of likely N-dealkylation sites (tertiary alicyclic amines) is 1. The van der Waals surface area contributed by atoms with Crippen molar-refractivity contribution in [1.29, 1.82) is 0 Å². The van der Waals surface area contributed by atoms with Crippen LogP contribution in [0.3, 0.4) is 0 Å². The fourth-order valence-electron chi connectivity index (χ4n) is 5.51. The second kappa shape index (κ2) is 13.9. The monoisotopic (exact) mass is 463 g/mol. The lowest BCUT2D eigenvalue weighted by Crippen LogP contribution is -2.40. The molecule has 2 aliphatic heterocycles. The van der Waals surface area contributed by atoms with E-state index in [0.717, 1.165) is 37.2 Å². The lowest BCUT2D eigenvalue weighted by atomic mass is 9.94. The number of aryl methyl sites for hydroxylation is 1. The predicted octanol–water partition coefficient (Wildman–Crippen LogP) is 7.88. The smallest absolute Gasteiger partial charge is 0.237 e. The van der Waals surface area contributed by atoms with E-state index in [2.05, 4.69) is 59.5 Å². The Morgan fingerprint density at radius 1 is 0.706 bits per heavy atom. The van der Waals surface area contributed by atoms with Gasteiger partial charge in [0.1, 0.15) is 5.75 Å². The number of ether oxygens (including phenoxy) is 2. The Bertz CT molecular complexity index is 817. The molecule has 2 aromatic rings. The first-order valence-corrected chi connectivity index (χ1v) is 14.0. The Balaban J connectivity index is 1.07. The SMILES string of the molecule is c1ccc(C2(OCCCCCCCCCCCCN3CCCC3)CCc3ccccc3O2)cc1. The third-order valence-corrected chi connectivity index (χ3v) is 7.59. The summed E-state index contributed by atoms with van der Waals surface area (Å²) in [5.41, 5.74) is 2.41. The average Bonchev–Trinajstić information content (AvgIpc) is 3.41. The van der Waals surface area contributed by atoms with Crippen LogP contribution in [0.25, 0.3) is 0 Å². The van der Waals surface area contributed by atoms with Crippen LogP contribution in [0.2, 0.25) is 0 Å². The molecule has 0 bridgehead atoms. The van der Waals surface area contributed by atoms with E-state index in [1.54, 1.807) is 0 Å². The van der Waals surface area contributed by atoms with Crippen molar-refractivity contribution >= 4 is 0 Å². The molecular weight excluding hydrogens is 418 g/mol. The zero-order chi connectivity index (χ0) is 23.3. The van der Waals surface area contributed by atoms with Crippen LogP contribution in [0.15, 0.2) is 54.6 Å². The molecule has 0 aliphatic carbocycles. The molecule has 2 aliphatic rings. The highest BCUT2D eigenvalue weighted by Crippen LogP contribution is 2.40. The third kappa shape index (κ3) is 7.58. The molecule has 0 saturated carbocycles. The third-order valence-electron chi connectivity index (χ3n) is 7.59. The molecule has 0 spiro atoms. The molecular formula is C31H45NO2. The molecule has 2 aromatic carbocycles. The maximum atomic E-state index is 6.51. The molecule has 0 N–H and O–H groups in total. The summed E-state index contributed by atoms with van der Waals surface area (Å²) in [6.07, 6.45) is 18.2. The van der Waals surface area contributed by atoms with Gasteiger partial charge < -0.3 is 14.4 Å². The van der Waals surface area contributed by atoms with Gasteiger partial charge in [0.25, 0.3) is 0 Å². The maximum Gasteiger partial charge on any atom is 0.237 e. The fourth-order valence-corrected chi connectivity index (χ4v) is 5.51. The normalized spacial score (nSPS) is 20.2. The van der Waals surface area contributed by atoms with Gasteiger partial charge in [-0.2, -0.15) is 0 Å². The summed E-state index contributed by atoms with van der Waals surface area (Å²) in [5, 5.41) is 0. The van der Waals surface area contributed by atoms with Crippen LogP contribution in [-0.4, -0.2) is 31.1 Å². The standard InChI is InChI=1S/C31H45NO2/c1(3-5-7-14-24-32-25-15-16-26-32)2-4-6-8-17-27-33-31(29-19-10-9-11-20-29)23-22-28-18-12-13-21-30(28)34-31/h9-13,18-21H,1-8,14-17,22-27H2. The van der Waals surface area contributed by atoms with Crippen LogP contribution in [0.5, 0.6) is 5.75 Å². The first-order valence-electron chi connectivity index (χ1n) is 14.0. The van der Waals surface area contributed by atoms with E-state index in [4.69, 9.17) is 9.47 Å². The lowest BCUT2D eigenvalue weighted by Gasteiger charge is -2.38. The topological polar surface area (TPSA) is 21.7 Å². The minimum absolute atomic E-state index is 0.648. The van der Waals surface area contributed by atoms with Crippen molar-refractivity contribution in [1.82, 2.24) is 4.90 Å². The van der Waals surface area contributed by atoms with Crippen molar-refractivity contribution in [2.24, 2.45) is 0 Å². The van der Waals surface area contributed by atoms with Crippen LogP contribution in [0.1, 0.15) is 94.6 Å².